The largest absolute Gasteiger partial charge is 0.349 e. The molecule has 0 unspecified atom stereocenters. The van der Waals surface area contributed by atoms with Crippen molar-refractivity contribution in [3.63, 3.8) is 0 Å². The molecule has 23 heavy (non-hydrogen) atoms. The summed E-state index contributed by atoms with van der Waals surface area (Å²) in [5.74, 6) is 1.23. The van der Waals surface area contributed by atoms with Gasteiger partial charge in [0.1, 0.15) is 0 Å². The van der Waals surface area contributed by atoms with Gasteiger partial charge in [0.05, 0.1) is 0 Å². The summed E-state index contributed by atoms with van der Waals surface area (Å²) < 4.78 is 0. The van der Waals surface area contributed by atoms with Crippen molar-refractivity contribution < 1.29 is 4.79 Å². The molecule has 1 aliphatic rings. The van der Waals surface area contributed by atoms with Crippen LogP contribution in [0, 0.1) is 5.92 Å². The molecule has 1 saturated heterocycles. The minimum Gasteiger partial charge on any atom is -0.349 e. The van der Waals surface area contributed by atoms with Gasteiger partial charge in [-0.05, 0) is 31.2 Å². The second kappa shape index (κ2) is 8.27. The molecule has 0 spiro atoms. The third kappa shape index (κ3) is 4.43. The number of amides is 1. The first-order valence-electron chi connectivity index (χ1n) is 8.87. The Morgan fingerprint density at radius 2 is 1.87 bits per heavy atom. The van der Waals surface area contributed by atoms with E-state index in [1.807, 2.05) is 20.3 Å². The molecule has 1 amide bonds. The van der Waals surface area contributed by atoms with Gasteiger partial charge in [-0.15, -0.1) is 0 Å². The van der Waals surface area contributed by atoms with Crippen LogP contribution in [0.3, 0.4) is 0 Å². The van der Waals surface area contributed by atoms with Crippen molar-refractivity contribution in [1.82, 2.24) is 14.9 Å². The summed E-state index contributed by atoms with van der Waals surface area (Å²) in [6, 6.07) is 0. The number of piperidine rings is 1. The van der Waals surface area contributed by atoms with Crippen molar-refractivity contribution in [1.29, 1.82) is 0 Å². The standard InChI is InChI=1S/C18H30N4O/c1-5-7-15-13-19-18(20-16(15)8-6-2)22-11-9-14(10-12-22)17(23)21(3)4/h13-14H,5-12H2,1-4H3. The fourth-order valence-electron chi connectivity index (χ4n) is 3.21. The second-order valence-corrected chi connectivity index (χ2v) is 6.64. The lowest BCUT2D eigenvalue weighted by Gasteiger charge is -2.32. The topological polar surface area (TPSA) is 49.3 Å². The summed E-state index contributed by atoms with van der Waals surface area (Å²) in [6.07, 6.45) is 8.08. The highest BCUT2D eigenvalue weighted by atomic mass is 16.2. The molecule has 5 nitrogen and oxygen atoms in total. The van der Waals surface area contributed by atoms with Crippen molar-refractivity contribution >= 4 is 11.9 Å². The summed E-state index contributed by atoms with van der Waals surface area (Å²) >= 11 is 0. The summed E-state index contributed by atoms with van der Waals surface area (Å²) in [5, 5.41) is 0. The minimum atomic E-state index is 0.149. The second-order valence-electron chi connectivity index (χ2n) is 6.64. The Morgan fingerprint density at radius 3 is 2.43 bits per heavy atom. The van der Waals surface area contributed by atoms with Gasteiger partial charge in [0.2, 0.25) is 11.9 Å². The Bertz CT molecular complexity index is 522. The molecule has 0 bridgehead atoms. The van der Waals surface area contributed by atoms with Gasteiger partial charge in [-0.2, -0.15) is 0 Å². The number of carbonyl (C=O) groups excluding carboxylic acids is 1. The van der Waals surface area contributed by atoms with Crippen LogP contribution >= 0.6 is 0 Å². The van der Waals surface area contributed by atoms with E-state index in [9.17, 15) is 4.79 Å². The molecule has 2 heterocycles. The van der Waals surface area contributed by atoms with Gasteiger partial charge >= 0.3 is 0 Å². The van der Waals surface area contributed by atoms with Gasteiger partial charge in [-0.25, -0.2) is 9.97 Å². The number of nitrogens with zero attached hydrogens (tertiary/aromatic N) is 4. The number of carbonyl (C=O) groups is 1. The Kier molecular flexibility index (Phi) is 6.37. The number of aryl methyl sites for hydroxylation is 2. The summed E-state index contributed by atoms with van der Waals surface area (Å²) in [6.45, 7) is 6.11. The average molecular weight is 318 g/mol. The normalized spacial score (nSPS) is 15.7. The smallest absolute Gasteiger partial charge is 0.225 e. The molecule has 0 aliphatic carbocycles. The number of anilines is 1. The monoisotopic (exact) mass is 318 g/mol. The highest BCUT2D eigenvalue weighted by Gasteiger charge is 2.27. The number of hydrogen-bond acceptors (Lipinski definition) is 4. The molecule has 1 aromatic rings. The maximum atomic E-state index is 12.1. The third-order valence-electron chi connectivity index (χ3n) is 4.52. The molecular formula is C18H30N4O. The summed E-state index contributed by atoms with van der Waals surface area (Å²) in [7, 11) is 3.67. The van der Waals surface area contributed by atoms with Crippen molar-refractivity contribution in [2.45, 2.75) is 52.4 Å². The first-order chi connectivity index (χ1) is 11.1. The molecular weight excluding hydrogens is 288 g/mol. The quantitative estimate of drug-likeness (QED) is 0.809. The Morgan fingerprint density at radius 1 is 1.22 bits per heavy atom. The van der Waals surface area contributed by atoms with Crippen molar-refractivity contribution in [3.8, 4) is 0 Å². The molecule has 1 aliphatic heterocycles. The lowest BCUT2D eigenvalue weighted by molar-refractivity contribution is -0.133. The van der Waals surface area contributed by atoms with E-state index >= 15 is 0 Å². The SMILES string of the molecule is CCCc1cnc(N2CCC(C(=O)N(C)C)CC2)nc1CCC. The van der Waals surface area contributed by atoms with Crippen LogP contribution in [0.25, 0.3) is 0 Å². The van der Waals surface area contributed by atoms with Crippen LogP contribution in [0.1, 0.15) is 50.8 Å². The van der Waals surface area contributed by atoms with Crippen molar-refractivity contribution in [3.05, 3.63) is 17.5 Å². The van der Waals surface area contributed by atoms with Gasteiger partial charge in [0, 0.05) is 45.0 Å². The predicted molar refractivity (Wildman–Crippen MR) is 93.7 cm³/mol. The molecule has 0 N–H and O–H groups in total. The van der Waals surface area contributed by atoms with Crippen LogP contribution in [-0.2, 0) is 17.6 Å². The maximum absolute atomic E-state index is 12.1. The minimum absolute atomic E-state index is 0.149. The van der Waals surface area contributed by atoms with Crippen LogP contribution in [0.2, 0.25) is 0 Å². The van der Waals surface area contributed by atoms with E-state index in [0.29, 0.717) is 0 Å². The molecule has 2 rings (SSSR count). The lowest BCUT2D eigenvalue weighted by atomic mass is 9.96. The molecule has 0 atom stereocenters. The first-order valence-corrected chi connectivity index (χ1v) is 8.87. The highest BCUT2D eigenvalue weighted by molar-refractivity contribution is 5.78. The zero-order valence-electron chi connectivity index (χ0n) is 15.0. The van der Waals surface area contributed by atoms with Crippen molar-refractivity contribution in [2.75, 3.05) is 32.1 Å². The van der Waals surface area contributed by atoms with Gasteiger partial charge in [-0.1, -0.05) is 26.7 Å². The van der Waals surface area contributed by atoms with E-state index in [1.165, 1.54) is 11.3 Å². The zero-order valence-corrected chi connectivity index (χ0v) is 15.0. The van der Waals surface area contributed by atoms with Crippen LogP contribution in [0.15, 0.2) is 6.20 Å². The van der Waals surface area contributed by atoms with Crippen LogP contribution in [0.4, 0.5) is 5.95 Å². The molecule has 1 fully saturated rings. The predicted octanol–water partition coefficient (Wildman–Crippen LogP) is 2.69. The fraction of sp³-hybridized carbons (Fsp3) is 0.722. The Labute approximate surface area is 140 Å². The van der Waals surface area contributed by atoms with Crippen LogP contribution in [-0.4, -0.2) is 48.0 Å². The van der Waals surface area contributed by atoms with E-state index in [1.54, 1.807) is 4.90 Å². The van der Waals surface area contributed by atoms with E-state index in [0.717, 1.165) is 57.6 Å². The fourth-order valence-corrected chi connectivity index (χ4v) is 3.21. The summed E-state index contributed by atoms with van der Waals surface area (Å²) in [5.41, 5.74) is 2.49. The zero-order chi connectivity index (χ0) is 16.8. The Hall–Kier alpha value is -1.65. The van der Waals surface area contributed by atoms with Gasteiger partial charge < -0.3 is 9.80 Å². The maximum Gasteiger partial charge on any atom is 0.225 e. The molecule has 128 valence electrons. The first kappa shape index (κ1) is 17.7. The number of hydrogen-bond donors (Lipinski definition) is 0. The summed E-state index contributed by atoms with van der Waals surface area (Å²) in [4.78, 5) is 25.4. The third-order valence-corrected chi connectivity index (χ3v) is 4.52. The van der Waals surface area contributed by atoms with E-state index in [2.05, 4.69) is 23.7 Å². The Balaban J connectivity index is 2.05. The van der Waals surface area contributed by atoms with Crippen molar-refractivity contribution in [2.24, 2.45) is 5.92 Å². The molecule has 0 saturated carbocycles. The molecule has 0 aromatic carbocycles. The molecule has 0 radical (unpaired) electrons. The van der Waals surface area contributed by atoms with Gasteiger partial charge in [0.15, 0.2) is 0 Å². The van der Waals surface area contributed by atoms with Gasteiger partial charge in [-0.3, -0.25) is 4.79 Å². The molecule has 1 aromatic heterocycles. The number of aromatic nitrogens is 2. The molecule has 5 heteroatoms. The number of rotatable bonds is 6. The van der Waals surface area contributed by atoms with Crippen LogP contribution < -0.4 is 4.90 Å². The average Bonchev–Trinajstić information content (AvgIpc) is 2.56. The van der Waals surface area contributed by atoms with E-state index in [4.69, 9.17) is 4.98 Å². The van der Waals surface area contributed by atoms with Crippen LogP contribution in [0.5, 0.6) is 0 Å². The highest BCUT2D eigenvalue weighted by Crippen LogP contribution is 2.23. The lowest BCUT2D eigenvalue weighted by Crippen LogP contribution is -2.40. The van der Waals surface area contributed by atoms with Gasteiger partial charge in [0.25, 0.3) is 0 Å². The van der Waals surface area contributed by atoms with E-state index in [-0.39, 0.29) is 11.8 Å². The van der Waals surface area contributed by atoms with E-state index < -0.39 is 0 Å².